The van der Waals surface area contributed by atoms with Gasteiger partial charge in [-0.05, 0) is 0 Å². The van der Waals surface area contributed by atoms with E-state index < -0.39 is 29.2 Å². The van der Waals surface area contributed by atoms with Crippen LogP contribution in [0.5, 0.6) is 0 Å². The number of methoxy groups -OCH3 is 2. The molecule has 0 aromatic carbocycles. The lowest BCUT2D eigenvalue weighted by atomic mass is 10.4. The van der Waals surface area contributed by atoms with Gasteiger partial charge in [0.05, 0.1) is 20.3 Å². The first kappa shape index (κ1) is 13.9. The highest BCUT2D eigenvalue weighted by molar-refractivity contribution is 5.94. The number of carbonyl (C=O) groups excluding carboxylic acids is 2. The molecule has 0 N–H and O–H groups in total. The summed E-state index contributed by atoms with van der Waals surface area (Å²) in [6, 6.07) is 0. The third-order valence-corrected chi connectivity index (χ3v) is 1.37. The highest BCUT2D eigenvalue weighted by Crippen LogP contribution is 2.01. The van der Waals surface area contributed by atoms with E-state index in [0.29, 0.717) is 0 Å². The van der Waals surface area contributed by atoms with Crippen LogP contribution in [0.15, 0.2) is 11.8 Å². The van der Waals surface area contributed by atoms with Gasteiger partial charge >= 0.3 is 11.9 Å². The average molecular weight is 233 g/mol. The number of hydrogen-bond donors (Lipinski definition) is 0. The molecule has 0 radical (unpaired) electrons. The molecule has 0 unspecified atom stereocenters. The smallest absolute Gasteiger partial charge is 0.373 e. The molecule has 0 bridgehead atoms. The molecular weight excluding hydrogens is 222 g/mol. The Bertz CT molecular complexity index is 310. The molecule has 0 fully saturated rings. The van der Waals surface area contributed by atoms with Crippen LogP contribution in [-0.2, 0) is 23.8 Å². The first-order chi connectivity index (χ1) is 7.51. The molecule has 0 amide bonds. The molecular formula is C8H11NO7. The van der Waals surface area contributed by atoms with Gasteiger partial charge in [0.2, 0.25) is 12.3 Å². The van der Waals surface area contributed by atoms with Crippen LogP contribution in [0.3, 0.4) is 0 Å². The number of nitrogens with zero attached hydrogens (tertiary/aromatic N) is 1. The van der Waals surface area contributed by atoms with E-state index in [1.807, 2.05) is 0 Å². The highest BCUT2D eigenvalue weighted by Gasteiger charge is 2.14. The molecule has 0 saturated carbocycles. The number of nitro groups is 1. The fourth-order valence-corrected chi connectivity index (χ4v) is 0.656. The standard InChI is InChI=1S/C8H11NO7/c1-14-7(10)5-6(8(11)15-2)16-4-3-9(12)13/h5H,3-4H2,1-2H3/b6-5+. The summed E-state index contributed by atoms with van der Waals surface area (Å²) in [5, 5.41) is 10.00. The van der Waals surface area contributed by atoms with Crippen LogP contribution in [-0.4, -0.2) is 44.2 Å². The number of esters is 2. The van der Waals surface area contributed by atoms with Crippen LogP contribution in [0.1, 0.15) is 0 Å². The van der Waals surface area contributed by atoms with Crippen molar-refractivity contribution in [2.75, 3.05) is 27.4 Å². The number of hydrogen-bond acceptors (Lipinski definition) is 7. The number of ether oxygens (including phenoxy) is 3. The van der Waals surface area contributed by atoms with Gasteiger partial charge in [-0.25, -0.2) is 9.59 Å². The second-order valence-electron chi connectivity index (χ2n) is 2.43. The quantitative estimate of drug-likeness (QED) is 0.200. The minimum atomic E-state index is -0.909. The van der Waals surface area contributed by atoms with Crippen LogP contribution in [0.25, 0.3) is 0 Å². The average Bonchev–Trinajstić information content (AvgIpc) is 2.25. The zero-order valence-electron chi connectivity index (χ0n) is 8.80. The van der Waals surface area contributed by atoms with Gasteiger partial charge in [0.25, 0.3) is 0 Å². The molecule has 0 spiro atoms. The Morgan fingerprint density at radius 3 is 2.38 bits per heavy atom. The van der Waals surface area contributed by atoms with E-state index >= 15 is 0 Å². The molecule has 0 heterocycles. The van der Waals surface area contributed by atoms with Crippen molar-refractivity contribution < 1.29 is 28.7 Å². The molecule has 16 heavy (non-hydrogen) atoms. The zero-order chi connectivity index (χ0) is 12.6. The third-order valence-electron chi connectivity index (χ3n) is 1.37. The SMILES string of the molecule is COC(=O)/C=C(/OCC[N+](=O)[O-])C(=O)OC. The minimum absolute atomic E-state index is 0.342. The van der Waals surface area contributed by atoms with Gasteiger partial charge in [-0.3, -0.25) is 10.1 Å². The van der Waals surface area contributed by atoms with Crippen LogP contribution >= 0.6 is 0 Å². The Morgan fingerprint density at radius 1 is 1.31 bits per heavy atom. The predicted molar refractivity (Wildman–Crippen MR) is 49.9 cm³/mol. The molecule has 0 atom stereocenters. The first-order valence-electron chi connectivity index (χ1n) is 4.13. The van der Waals surface area contributed by atoms with E-state index in [1.54, 1.807) is 0 Å². The summed E-state index contributed by atoms with van der Waals surface area (Å²) in [5.41, 5.74) is 0. The first-order valence-corrected chi connectivity index (χ1v) is 4.13. The van der Waals surface area contributed by atoms with Crippen molar-refractivity contribution in [1.82, 2.24) is 0 Å². The number of carbonyl (C=O) groups is 2. The molecule has 0 rings (SSSR count). The molecule has 0 aliphatic carbocycles. The maximum Gasteiger partial charge on any atom is 0.373 e. The molecule has 8 nitrogen and oxygen atoms in total. The Hall–Kier alpha value is -2.12. The lowest BCUT2D eigenvalue weighted by Crippen LogP contribution is -2.15. The molecule has 0 aromatic heterocycles. The largest absolute Gasteiger partial charge is 0.479 e. The van der Waals surface area contributed by atoms with E-state index in [9.17, 15) is 19.7 Å². The minimum Gasteiger partial charge on any atom is -0.479 e. The summed E-state index contributed by atoms with van der Waals surface area (Å²) in [7, 11) is 2.20. The Balaban J connectivity index is 4.44. The van der Waals surface area contributed by atoms with Crippen molar-refractivity contribution in [3.05, 3.63) is 21.9 Å². The lowest BCUT2D eigenvalue weighted by molar-refractivity contribution is -0.482. The van der Waals surface area contributed by atoms with E-state index in [4.69, 9.17) is 4.74 Å². The van der Waals surface area contributed by atoms with E-state index in [-0.39, 0.29) is 6.61 Å². The van der Waals surface area contributed by atoms with Gasteiger partial charge in [-0.15, -0.1) is 0 Å². The van der Waals surface area contributed by atoms with Crippen molar-refractivity contribution in [3.63, 3.8) is 0 Å². The Kier molecular flexibility index (Phi) is 6.25. The van der Waals surface area contributed by atoms with Gasteiger partial charge in [-0.1, -0.05) is 0 Å². The molecule has 0 aliphatic rings. The van der Waals surface area contributed by atoms with Crippen LogP contribution < -0.4 is 0 Å². The summed E-state index contributed by atoms with van der Waals surface area (Å²) >= 11 is 0. The maximum atomic E-state index is 11.0. The van der Waals surface area contributed by atoms with Gasteiger partial charge in [0, 0.05) is 4.92 Å². The van der Waals surface area contributed by atoms with E-state index in [1.165, 1.54) is 0 Å². The van der Waals surface area contributed by atoms with Crippen molar-refractivity contribution in [1.29, 1.82) is 0 Å². The second-order valence-corrected chi connectivity index (χ2v) is 2.43. The molecule has 8 heteroatoms. The summed E-state index contributed by atoms with van der Waals surface area (Å²) in [6.45, 7) is -0.833. The molecule has 0 aliphatic heterocycles. The van der Waals surface area contributed by atoms with Gasteiger partial charge in [0.1, 0.15) is 0 Å². The van der Waals surface area contributed by atoms with E-state index in [0.717, 1.165) is 20.3 Å². The van der Waals surface area contributed by atoms with Crippen LogP contribution in [0, 0.1) is 10.1 Å². The Labute approximate surface area is 90.9 Å². The normalized spacial score (nSPS) is 10.5. The van der Waals surface area contributed by atoms with Gasteiger partial charge < -0.3 is 14.2 Å². The number of rotatable bonds is 6. The van der Waals surface area contributed by atoms with Gasteiger partial charge in [0.15, 0.2) is 6.61 Å². The molecule has 0 saturated heterocycles. The summed E-state index contributed by atoms with van der Waals surface area (Å²) < 4.78 is 13.3. The third kappa shape index (κ3) is 5.58. The van der Waals surface area contributed by atoms with Crippen molar-refractivity contribution >= 4 is 11.9 Å². The summed E-state index contributed by atoms with van der Waals surface area (Å²) in [6.07, 6.45) is 0.756. The van der Waals surface area contributed by atoms with Gasteiger partial charge in [-0.2, -0.15) is 0 Å². The predicted octanol–water partition coefficient (Wildman–Crippen LogP) is -0.490. The zero-order valence-corrected chi connectivity index (χ0v) is 8.80. The summed E-state index contributed by atoms with van der Waals surface area (Å²) in [4.78, 5) is 31.2. The van der Waals surface area contributed by atoms with Crippen LogP contribution in [0.2, 0.25) is 0 Å². The van der Waals surface area contributed by atoms with E-state index in [2.05, 4.69) is 9.47 Å². The summed E-state index contributed by atoms with van der Waals surface area (Å²) in [5.74, 6) is -2.16. The topological polar surface area (TPSA) is 105 Å². The maximum absolute atomic E-state index is 11.0. The van der Waals surface area contributed by atoms with Crippen molar-refractivity contribution in [2.24, 2.45) is 0 Å². The van der Waals surface area contributed by atoms with Crippen molar-refractivity contribution in [2.45, 2.75) is 0 Å². The lowest BCUT2D eigenvalue weighted by Gasteiger charge is -2.05. The fourth-order valence-electron chi connectivity index (χ4n) is 0.656. The molecule has 90 valence electrons. The Morgan fingerprint density at radius 2 is 1.94 bits per heavy atom. The highest BCUT2D eigenvalue weighted by atomic mass is 16.6. The fraction of sp³-hybridized carbons (Fsp3) is 0.500. The molecule has 0 aromatic rings. The van der Waals surface area contributed by atoms with Crippen molar-refractivity contribution in [3.8, 4) is 0 Å². The monoisotopic (exact) mass is 233 g/mol. The second kappa shape index (κ2) is 7.21. The van der Waals surface area contributed by atoms with Crippen LogP contribution in [0.4, 0.5) is 0 Å².